The van der Waals surface area contributed by atoms with E-state index in [4.69, 9.17) is 16.7 Å². The molecule has 0 atom stereocenters. The van der Waals surface area contributed by atoms with Crippen LogP contribution in [-0.2, 0) is 9.59 Å². The van der Waals surface area contributed by atoms with Crippen molar-refractivity contribution < 1.29 is 14.7 Å². The third-order valence-corrected chi connectivity index (χ3v) is 3.42. The minimum Gasteiger partial charge on any atom is -0.478 e. The van der Waals surface area contributed by atoms with E-state index in [1.807, 2.05) is 0 Å². The smallest absolute Gasteiger partial charge is 0.332 e. The molecule has 1 amide bonds. The number of carboxylic acid groups (broad SMARTS) is 1. The second-order valence-electron chi connectivity index (χ2n) is 4.56. The summed E-state index contributed by atoms with van der Waals surface area (Å²) in [6, 6.07) is 6.82. The number of halogens is 1. The number of nitrogens with one attached hydrogen (secondary N) is 2. The molecule has 3 N–H and O–H groups in total. The van der Waals surface area contributed by atoms with Gasteiger partial charge in [-0.3, -0.25) is 15.6 Å². The molecule has 2 rings (SSSR count). The molecule has 0 fully saturated rings. The fourth-order valence-electron chi connectivity index (χ4n) is 2.13. The summed E-state index contributed by atoms with van der Waals surface area (Å²) in [4.78, 5) is 23.1. The fourth-order valence-corrected chi connectivity index (χ4v) is 2.26. The van der Waals surface area contributed by atoms with Crippen molar-refractivity contribution in [1.29, 1.82) is 0 Å². The molecule has 0 aliphatic heterocycles. The van der Waals surface area contributed by atoms with E-state index >= 15 is 0 Å². The molecule has 20 heavy (non-hydrogen) atoms. The minimum atomic E-state index is -1.01. The number of hydrogen-bond acceptors (Lipinski definition) is 3. The highest BCUT2D eigenvalue weighted by molar-refractivity contribution is 6.30. The Hall–Kier alpha value is -2.01. The van der Waals surface area contributed by atoms with Gasteiger partial charge in [-0.25, -0.2) is 4.79 Å². The molecule has 1 aromatic rings. The van der Waals surface area contributed by atoms with Gasteiger partial charge in [-0.1, -0.05) is 11.6 Å². The van der Waals surface area contributed by atoms with Crippen LogP contribution >= 0.6 is 11.6 Å². The summed E-state index contributed by atoms with van der Waals surface area (Å²) in [5.41, 5.74) is 6.51. The molecule has 1 aliphatic rings. The van der Waals surface area contributed by atoms with E-state index < -0.39 is 11.9 Å². The van der Waals surface area contributed by atoms with Crippen LogP contribution in [0.5, 0.6) is 0 Å². The van der Waals surface area contributed by atoms with Gasteiger partial charge in [0.15, 0.2) is 0 Å². The number of carbonyl (C=O) groups excluding carboxylic acids is 1. The Morgan fingerprint density at radius 2 is 1.65 bits per heavy atom. The summed E-state index contributed by atoms with van der Waals surface area (Å²) in [6.45, 7) is 0. The van der Waals surface area contributed by atoms with Crippen LogP contribution in [0.3, 0.4) is 0 Å². The Labute approximate surface area is 121 Å². The van der Waals surface area contributed by atoms with Crippen molar-refractivity contribution in [2.24, 2.45) is 0 Å². The lowest BCUT2D eigenvalue weighted by molar-refractivity contribution is -0.133. The summed E-state index contributed by atoms with van der Waals surface area (Å²) in [5, 5.41) is 9.70. The van der Waals surface area contributed by atoms with Gasteiger partial charge in [0, 0.05) is 16.2 Å². The third-order valence-electron chi connectivity index (χ3n) is 3.16. The molecule has 0 saturated heterocycles. The second kappa shape index (κ2) is 6.43. The SMILES string of the molecule is O=C(O)C1=C(C(=O)NNc2ccc(Cl)cc2)CCCC1. The monoisotopic (exact) mass is 294 g/mol. The predicted molar refractivity (Wildman–Crippen MR) is 76.3 cm³/mol. The Morgan fingerprint density at radius 3 is 2.25 bits per heavy atom. The van der Waals surface area contributed by atoms with Crippen molar-refractivity contribution in [3.63, 3.8) is 0 Å². The summed E-state index contributed by atoms with van der Waals surface area (Å²) >= 11 is 5.76. The van der Waals surface area contributed by atoms with Crippen LogP contribution in [0, 0.1) is 0 Å². The molecular weight excluding hydrogens is 280 g/mol. The first-order valence-electron chi connectivity index (χ1n) is 6.35. The molecule has 0 heterocycles. The van der Waals surface area contributed by atoms with Crippen molar-refractivity contribution in [2.75, 3.05) is 5.43 Å². The van der Waals surface area contributed by atoms with Crippen molar-refractivity contribution in [2.45, 2.75) is 25.7 Å². The van der Waals surface area contributed by atoms with Gasteiger partial charge in [-0.2, -0.15) is 0 Å². The summed E-state index contributed by atoms with van der Waals surface area (Å²) in [7, 11) is 0. The molecule has 1 aromatic carbocycles. The van der Waals surface area contributed by atoms with Gasteiger partial charge < -0.3 is 5.11 Å². The molecular formula is C14H15ClN2O3. The Kier molecular flexibility index (Phi) is 4.63. The molecule has 0 bridgehead atoms. The first-order chi connectivity index (χ1) is 9.58. The average Bonchev–Trinajstić information content (AvgIpc) is 2.46. The van der Waals surface area contributed by atoms with Gasteiger partial charge in [-0.05, 0) is 49.9 Å². The largest absolute Gasteiger partial charge is 0.478 e. The number of carboxylic acids is 1. The van der Waals surface area contributed by atoms with Gasteiger partial charge in [-0.15, -0.1) is 0 Å². The fraction of sp³-hybridized carbons (Fsp3) is 0.286. The quantitative estimate of drug-likeness (QED) is 0.746. The van der Waals surface area contributed by atoms with Gasteiger partial charge in [0.25, 0.3) is 5.91 Å². The molecule has 0 unspecified atom stereocenters. The third kappa shape index (κ3) is 3.51. The van der Waals surface area contributed by atoms with Crippen LogP contribution in [0.4, 0.5) is 5.69 Å². The lowest BCUT2D eigenvalue weighted by Gasteiger charge is -2.17. The summed E-state index contributed by atoms with van der Waals surface area (Å²) in [5.74, 6) is -1.40. The second-order valence-corrected chi connectivity index (χ2v) is 4.99. The average molecular weight is 295 g/mol. The van der Waals surface area contributed by atoms with Crippen LogP contribution in [0.1, 0.15) is 25.7 Å². The number of amides is 1. The van der Waals surface area contributed by atoms with E-state index in [-0.39, 0.29) is 5.57 Å². The highest BCUT2D eigenvalue weighted by Gasteiger charge is 2.23. The lowest BCUT2D eigenvalue weighted by Crippen LogP contribution is -2.32. The Bertz CT molecular complexity index is 552. The zero-order valence-electron chi connectivity index (χ0n) is 10.8. The first kappa shape index (κ1) is 14.4. The van der Waals surface area contributed by atoms with Gasteiger partial charge in [0.2, 0.25) is 0 Å². The van der Waals surface area contributed by atoms with Crippen molar-refractivity contribution in [3.05, 3.63) is 40.4 Å². The Balaban J connectivity index is 2.03. The molecule has 0 aromatic heterocycles. The molecule has 6 heteroatoms. The predicted octanol–water partition coefficient (Wildman–Crippen LogP) is 2.74. The van der Waals surface area contributed by atoms with Crippen molar-refractivity contribution in [1.82, 2.24) is 5.43 Å². The van der Waals surface area contributed by atoms with E-state index in [9.17, 15) is 9.59 Å². The van der Waals surface area contributed by atoms with E-state index in [2.05, 4.69) is 10.9 Å². The maximum atomic E-state index is 12.0. The maximum Gasteiger partial charge on any atom is 0.332 e. The van der Waals surface area contributed by atoms with Gasteiger partial charge in [0.05, 0.1) is 5.69 Å². The van der Waals surface area contributed by atoms with E-state index in [0.717, 1.165) is 12.8 Å². The topological polar surface area (TPSA) is 78.4 Å². The number of carbonyl (C=O) groups is 2. The summed E-state index contributed by atoms with van der Waals surface area (Å²) in [6.07, 6.45) is 2.58. The van der Waals surface area contributed by atoms with Crippen LogP contribution in [-0.4, -0.2) is 17.0 Å². The van der Waals surface area contributed by atoms with E-state index in [1.54, 1.807) is 24.3 Å². The van der Waals surface area contributed by atoms with Crippen molar-refractivity contribution in [3.8, 4) is 0 Å². The molecule has 0 spiro atoms. The zero-order valence-corrected chi connectivity index (χ0v) is 11.5. The lowest BCUT2D eigenvalue weighted by atomic mass is 9.91. The number of rotatable bonds is 4. The number of aliphatic carboxylic acids is 1. The number of hydrogen-bond donors (Lipinski definition) is 3. The summed E-state index contributed by atoms with van der Waals surface area (Å²) < 4.78 is 0. The molecule has 0 radical (unpaired) electrons. The minimum absolute atomic E-state index is 0.214. The van der Waals surface area contributed by atoms with Crippen molar-refractivity contribution >= 4 is 29.2 Å². The van der Waals surface area contributed by atoms with Gasteiger partial charge in [0.1, 0.15) is 0 Å². The van der Waals surface area contributed by atoms with Crippen LogP contribution in [0.2, 0.25) is 5.02 Å². The van der Waals surface area contributed by atoms with Crippen LogP contribution in [0.15, 0.2) is 35.4 Å². The van der Waals surface area contributed by atoms with E-state index in [0.29, 0.717) is 29.1 Å². The van der Waals surface area contributed by atoms with Gasteiger partial charge >= 0.3 is 5.97 Å². The highest BCUT2D eigenvalue weighted by Crippen LogP contribution is 2.25. The molecule has 0 saturated carbocycles. The highest BCUT2D eigenvalue weighted by atomic mass is 35.5. The maximum absolute atomic E-state index is 12.0. The number of hydrazine groups is 1. The van der Waals surface area contributed by atoms with Crippen LogP contribution < -0.4 is 10.9 Å². The number of anilines is 1. The normalized spacial score (nSPS) is 14.8. The van der Waals surface area contributed by atoms with Crippen LogP contribution in [0.25, 0.3) is 0 Å². The number of benzene rings is 1. The zero-order chi connectivity index (χ0) is 14.5. The van der Waals surface area contributed by atoms with E-state index in [1.165, 1.54) is 0 Å². The molecule has 106 valence electrons. The standard InChI is InChI=1S/C14H15ClN2O3/c15-9-5-7-10(8-6-9)16-17-13(18)11-3-1-2-4-12(11)14(19)20/h5-8,16H,1-4H2,(H,17,18)(H,19,20). The first-order valence-corrected chi connectivity index (χ1v) is 6.73. The Morgan fingerprint density at radius 1 is 1.05 bits per heavy atom. The molecule has 1 aliphatic carbocycles. The molecule has 5 nitrogen and oxygen atoms in total.